The van der Waals surface area contributed by atoms with Crippen molar-refractivity contribution in [3.63, 3.8) is 0 Å². The Bertz CT molecular complexity index is 259. The van der Waals surface area contributed by atoms with Crippen LogP contribution in [-0.2, 0) is 16.1 Å². The van der Waals surface area contributed by atoms with E-state index in [1.54, 1.807) is 11.3 Å². The number of carbonyl (C=O) groups excluding carboxylic acids is 1. The van der Waals surface area contributed by atoms with Crippen molar-refractivity contribution in [2.45, 2.75) is 26.0 Å². The Labute approximate surface area is 81.5 Å². The van der Waals surface area contributed by atoms with Crippen LogP contribution < -0.4 is 5.73 Å². The van der Waals surface area contributed by atoms with Crippen LogP contribution in [0.25, 0.3) is 0 Å². The number of hydrogen-bond donors (Lipinski definition) is 1. The molecule has 0 saturated heterocycles. The van der Waals surface area contributed by atoms with Crippen molar-refractivity contribution in [1.29, 1.82) is 0 Å². The molecular formula is C9H13NO2S. The Kier molecular flexibility index (Phi) is 3.92. The molecule has 0 amide bonds. The molecule has 0 aromatic carbocycles. The molecule has 1 rings (SSSR count). The molecule has 72 valence electrons. The van der Waals surface area contributed by atoms with Crippen molar-refractivity contribution in [2.24, 2.45) is 5.73 Å². The van der Waals surface area contributed by atoms with Gasteiger partial charge in [0.15, 0.2) is 0 Å². The first kappa shape index (κ1) is 10.2. The van der Waals surface area contributed by atoms with E-state index in [1.165, 1.54) is 0 Å². The third-order valence-corrected chi connectivity index (χ3v) is 2.53. The summed E-state index contributed by atoms with van der Waals surface area (Å²) in [5.74, 6) is -0.323. The van der Waals surface area contributed by atoms with Crippen LogP contribution in [0.5, 0.6) is 0 Å². The zero-order chi connectivity index (χ0) is 9.68. The summed E-state index contributed by atoms with van der Waals surface area (Å²) < 4.78 is 4.99. The average molecular weight is 199 g/mol. The molecule has 0 unspecified atom stereocenters. The maximum absolute atomic E-state index is 11.1. The van der Waals surface area contributed by atoms with Gasteiger partial charge in [0.25, 0.3) is 0 Å². The number of esters is 1. The second kappa shape index (κ2) is 4.99. The molecular weight excluding hydrogens is 186 g/mol. The SMILES string of the molecule is CC[C@@H](N)C(=O)OCc1cccs1. The predicted octanol–water partition coefficient (Wildman–Crippen LogP) is 1.53. The molecule has 0 aliphatic rings. The van der Waals surface area contributed by atoms with Crippen molar-refractivity contribution in [3.8, 4) is 0 Å². The second-order valence-electron chi connectivity index (χ2n) is 2.70. The maximum atomic E-state index is 11.1. The summed E-state index contributed by atoms with van der Waals surface area (Å²) in [4.78, 5) is 12.2. The van der Waals surface area contributed by atoms with Crippen LogP contribution >= 0.6 is 11.3 Å². The molecule has 13 heavy (non-hydrogen) atoms. The summed E-state index contributed by atoms with van der Waals surface area (Å²) in [5, 5.41) is 1.95. The number of thiophene rings is 1. The van der Waals surface area contributed by atoms with Gasteiger partial charge in [-0.3, -0.25) is 4.79 Å². The van der Waals surface area contributed by atoms with Crippen LogP contribution in [0.4, 0.5) is 0 Å². The summed E-state index contributed by atoms with van der Waals surface area (Å²) in [6.45, 7) is 2.20. The van der Waals surface area contributed by atoms with Gasteiger partial charge >= 0.3 is 5.97 Å². The molecule has 1 heterocycles. The first-order valence-corrected chi connectivity index (χ1v) is 5.06. The molecule has 3 nitrogen and oxygen atoms in total. The van der Waals surface area contributed by atoms with Gasteiger partial charge in [-0.25, -0.2) is 0 Å². The third-order valence-electron chi connectivity index (χ3n) is 1.68. The normalized spacial score (nSPS) is 12.5. The van der Waals surface area contributed by atoms with Crippen molar-refractivity contribution in [2.75, 3.05) is 0 Å². The lowest BCUT2D eigenvalue weighted by molar-refractivity contribution is -0.146. The molecule has 0 aliphatic heterocycles. The minimum absolute atomic E-state index is 0.323. The second-order valence-corrected chi connectivity index (χ2v) is 3.73. The molecule has 4 heteroatoms. The fourth-order valence-electron chi connectivity index (χ4n) is 0.811. The lowest BCUT2D eigenvalue weighted by Gasteiger charge is -2.07. The molecule has 1 aromatic rings. The number of carbonyl (C=O) groups is 1. The first-order valence-electron chi connectivity index (χ1n) is 4.18. The number of rotatable bonds is 4. The van der Waals surface area contributed by atoms with Gasteiger partial charge in [0.2, 0.25) is 0 Å². The first-order chi connectivity index (χ1) is 6.24. The summed E-state index contributed by atoms with van der Waals surface area (Å²) in [6.07, 6.45) is 0.614. The fourth-order valence-corrected chi connectivity index (χ4v) is 1.43. The molecule has 0 fully saturated rings. The Morgan fingerprint density at radius 1 is 1.77 bits per heavy atom. The van der Waals surface area contributed by atoms with Crippen LogP contribution in [-0.4, -0.2) is 12.0 Å². The molecule has 0 radical (unpaired) electrons. The van der Waals surface area contributed by atoms with E-state index in [4.69, 9.17) is 10.5 Å². The average Bonchev–Trinajstić information content (AvgIpc) is 2.65. The Morgan fingerprint density at radius 3 is 3.08 bits per heavy atom. The molecule has 1 aromatic heterocycles. The Balaban J connectivity index is 2.31. The minimum Gasteiger partial charge on any atom is -0.459 e. The van der Waals surface area contributed by atoms with E-state index in [1.807, 2.05) is 24.4 Å². The van der Waals surface area contributed by atoms with E-state index in [2.05, 4.69) is 0 Å². The van der Waals surface area contributed by atoms with E-state index in [0.717, 1.165) is 4.88 Å². The van der Waals surface area contributed by atoms with E-state index in [9.17, 15) is 4.79 Å². The Morgan fingerprint density at radius 2 is 2.54 bits per heavy atom. The highest BCUT2D eigenvalue weighted by Crippen LogP contribution is 2.09. The van der Waals surface area contributed by atoms with E-state index < -0.39 is 6.04 Å². The molecule has 0 saturated carbocycles. The molecule has 0 bridgehead atoms. The standard InChI is InChI=1S/C9H13NO2S/c1-2-8(10)9(11)12-6-7-4-3-5-13-7/h3-5,8H,2,6,10H2,1H3/t8-/m1/s1. The van der Waals surface area contributed by atoms with Gasteiger partial charge in [-0.1, -0.05) is 13.0 Å². The third kappa shape index (κ3) is 3.16. The van der Waals surface area contributed by atoms with E-state index in [-0.39, 0.29) is 5.97 Å². The summed E-state index contributed by atoms with van der Waals surface area (Å²) >= 11 is 1.57. The van der Waals surface area contributed by atoms with Crippen LogP contribution in [0.2, 0.25) is 0 Å². The van der Waals surface area contributed by atoms with Crippen molar-refractivity contribution >= 4 is 17.3 Å². The van der Waals surface area contributed by atoms with Crippen LogP contribution in [0, 0.1) is 0 Å². The van der Waals surface area contributed by atoms with Gasteiger partial charge < -0.3 is 10.5 Å². The lowest BCUT2D eigenvalue weighted by atomic mass is 10.2. The largest absolute Gasteiger partial charge is 0.459 e. The molecule has 0 aliphatic carbocycles. The van der Waals surface area contributed by atoms with Gasteiger partial charge in [0, 0.05) is 4.88 Å². The van der Waals surface area contributed by atoms with Crippen molar-refractivity contribution in [1.82, 2.24) is 0 Å². The van der Waals surface area contributed by atoms with Gasteiger partial charge in [0.05, 0.1) is 0 Å². The molecule has 2 N–H and O–H groups in total. The zero-order valence-electron chi connectivity index (χ0n) is 7.53. The van der Waals surface area contributed by atoms with Gasteiger partial charge in [-0.05, 0) is 17.9 Å². The number of nitrogens with two attached hydrogens (primary N) is 1. The Hall–Kier alpha value is -0.870. The zero-order valence-corrected chi connectivity index (χ0v) is 8.34. The van der Waals surface area contributed by atoms with Crippen molar-refractivity contribution < 1.29 is 9.53 Å². The summed E-state index contributed by atoms with van der Waals surface area (Å²) in [6, 6.07) is 3.36. The van der Waals surface area contributed by atoms with Gasteiger partial charge in [0.1, 0.15) is 12.6 Å². The predicted molar refractivity (Wildman–Crippen MR) is 52.4 cm³/mol. The topological polar surface area (TPSA) is 52.3 Å². The summed E-state index contributed by atoms with van der Waals surface area (Å²) in [7, 11) is 0. The lowest BCUT2D eigenvalue weighted by Crippen LogP contribution is -2.31. The van der Waals surface area contributed by atoms with E-state index >= 15 is 0 Å². The smallest absolute Gasteiger partial charge is 0.323 e. The fraction of sp³-hybridized carbons (Fsp3) is 0.444. The number of ether oxygens (including phenoxy) is 1. The maximum Gasteiger partial charge on any atom is 0.323 e. The quantitative estimate of drug-likeness (QED) is 0.748. The van der Waals surface area contributed by atoms with Crippen molar-refractivity contribution in [3.05, 3.63) is 22.4 Å². The highest BCUT2D eigenvalue weighted by Gasteiger charge is 2.12. The number of hydrogen-bond acceptors (Lipinski definition) is 4. The minimum atomic E-state index is -0.486. The molecule has 1 atom stereocenters. The van der Waals surface area contributed by atoms with Crippen LogP contribution in [0.1, 0.15) is 18.2 Å². The molecule has 0 spiro atoms. The highest BCUT2D eigenvalue weighted by molar-refractivity contribution is 7.09. The van der Waals surface area contributed by atoms with Gasteiger partial charge in [-0.2, -0.15) is 0 Å². The monoisotopic (exact) mass is 199 g/mol. The summed E-state index contributed by atoms with van der Waals surface area (Å²) in [5.41, 5.74) is 5.48. The highest BCUT2D eigenvalue weighted by atomic mass is 32.1. The van der Waals surface area contributed by atoms with Crippen LogP contribution in [0.15, 0.2) is 17.5 Å². The van der Waals surface area contributed by atoms with Gasteiger partial charge in [-0.15, -0.1) is 11.3 Å². The van der Waals surface area contributed by atoms with E-state index in [0.29, 0.717) is 13.0 Å². The van der Waals surface area contributed by atoms with Crippen LogP contribution in [0.3, 0.4) is 0 Å².